The smallest absolute Gasteiger partial charge is 0.269 e. The van der Waals surface area contributed by atoms with Crippen molar-refractivity contribution < 1.29 is 4.92 Å². The van der Waals surface area contributed by atoms with Crippen LogP contribution in [-0.4, -0.2) is 17.5 Å². The number of hydrogen-bond acceptors (Lipinski definition) is 3. The summed E-state index contributed by atoms with van der Waals surface area (Å²) in [5, 5.41) is 14.1. The van der Waals surface area contributed by atoms with Crippen LogP contribution in [0.15, 0.2) is 24.3 Å². The molecule has 1 N–H and O–H groups in total. The molecule has 2 unspecified atom stereocenters. The van der Waals surface area contributed by atoms with Gasteiger partial charge >= 0.3 is 0 Å². The molecule has 0 saturated carbocycles. The standard InChI is InChI=1S/C14H22N2O2/c1-4-10-15-14(5-2)11(3)12-6-8-13(9-7-12)16(17)18/h6-9,11,14-15H,4-5,10H2,1-3H3. The maximum Gasteiger partial charge on any atom is 0.269 e. The third kappa shape index (κ3) is 3.81. The number of hydrogen-bond donors (Lipinski definition) is 1. The average molecular weight is 250 g/mol. The van der Waals surface area contributed by atoms with Crippen LogP contribution in [-0.2, 0) is 0 Å². The molecule has 0 radical (unpaired) electrons. The summed E-state index contributed by atoms with van der Waals surface area (Å²) in [6.07, 6.45) is 2.17. The predicted octanol–water partition coefficient (Wildman–Crippen LogP) is 3.48. The van der Waals surface area contributed by atoms with E-state index >= 15 is 0 Å². The second-order valence-corrected chi connectivity index (χ2v) is 4.61. The summed E-state index contributed by atoms with van der Waals surface area (Å²) in [6, 6.07) is 7.31. The van der Waals surface area contributed by atoms with E-state index in [1.807, 2.05) is 12.1 Å². The third-order valence-corrected chi connectivity index (χ3v) is 3.33. The topological polar surface area (TPSA) is 55.2 Å². The van der Waals surface area contributed by atoms with Crippen LogP contribution in [0.4, 0.5) is 5.69 Å². The SMILES string of the molecule is CCCNC(CC)C(C)c1ccc([N+](=O)[O-])cc1. The highest BCUT2D eigenvalue weighted by Gasteiger charge is 2.17. The Morgan fingerprint density at radius 1 is 1.28 bits per heavy atom. The van der Waals surface area contributed by atoms with Crippen molar-refractivity contribution in [3.05, 3.63) is 39.9 Å². The first-order chi connectivity index (χ1) is 8.60. The van der Waals surface area contributed by atoms with Crippen molar-refractivity contribution in [2.75, 3.05) is 6.54 Å². The number of nitro groups is 1. The zero-order valence-electron chi connectivity index (χ0n) is 11.3. The second kappa shape index (κ2) is 7.11. The molecule has 18 heavy (non-hydrogen) atoms. The molecule has 0 spiro atoms. The van der Waals surface area contributed by atoms with E-state index in [0.29, 0.717) is 12.0 Å². The first-order valence-electron chi connectivity index (χ1n) is 6.57. The number of benzene rings is 1. The van der Waals surface area contributed by atoms with Crippen LogP contribution in [0.1, 0.15) is 45.1 Å². The fourth-order valence-corrected chi connectivity index (χ4v) is 2.14. The lowest BCUT2D eigenvalue weighted by Gasteiger charge is -2.24. The Kier molecular flexibility index (Phi) is 5.78. The highest BCUT2D eigenvalue weighted by atomic mass is 16.6. The van der Waals surface area contributed by atoms with E-state index in [1.165, 1.54) is 0 Å². The second-order valence-electron chi connectivity index (χ2n) is 4.61. The van der Waals surface area contributed by atoms with Crippen LogP contribution in [0, 0.1) is 10.1 Å². The molecule has 0 bridgehead atoms. The number of rotatable bonds is 7. The van der Waals surface area contributed by atoms with Crippen LogP contribution in [0.25, 0.3) is 0 Å². The van der Waals surface area contributed by atoms with Crippen molar-refractivity contribution in [1.29, 1.82) is 0 Å². The maximum atomic E-state index is 10.6. The van der Waals surface area contributed by atoms with Crippen LogP contribution in [0.5, 0.6) is 0 Å². The van der Waals surface area contributed by atoms with Gasteiger partial charge in [-0.1, -0.05) is 32.9 Å². The van der Waals surface area contributed by atoms with Crippen LogP contribution < -0.4 is 5.32 Å². The summed E-state index contributed by atoms with van der Waals surface area (Å²) in [5.41, 5.74) is 1.30. The molecule has 0 amide bonds. The molecule has 1 aromatic carbocycles. The number of nitrogens with zero attached hydrogens (tertiary/aromatic N) is 1. The molecular formula is C14H22N2O2. The fraction of sp³-hybridized carbons (Fsp3) is 0.571. The lowest BCUT2D eigenvalue weighted by Crippen LogP contribution is -2.33. The molecule has 0 fully saturated rings. The Labute approximate surface area is 109 Å². The highest BCUT2D eigenvalue weighted by molar-refractivity contribution is 5.34. The maximum absolute atomic E-state index is 10.6. The van der Waals surface area contributed by atoms with Gasteiger partial charge in [-0.3, -0.25) is 10.1 Å². The average Bonchev–Trinajstić information content (AvgIpc) is 2.39. The van der Waals surface area contributed by atoms with Gasteiger partial charge in [0.1, 0.15) is 0 Å². The van der Waals surface area contributed by atoms with Crippen LogP contribution in [0.3, 0.4) is 0 Å². The molecule has 0 heterocycles. The van der Waals surface area contributed by atoms with Gasteiger partial charge in [-0.05, 0) is 30.9 Å². The number of non-ortho nitro benzene ring substituents is 1. The molecule has 1 aromatic rings. The minimum absolute atomic E-state index is 0.153. The van der Waals surface area contributed by atoms with Gasteiger partial charge in [0.15, 0.2) is 0 Å². The lowest BCUT2D eigenvalue weighted by atomic mass is 9.91. The fourth-order valence-electron chi connectivity index (χ4n) is 2.14. The Balaban J connectivity index is 2.75. The van der Waals surface area contributed by atoms with Gasteiger partial charge in [0.05, 0.1) is 4.92 Å². The monoisotopic (exact) mass is 250 g/mol. The van der Waals surface area contributed by atoms with Crippen molar-refractivity contribution in [3.63, 3.8) is 0 Å². The third-order valence-electron chi connectivity index (χ3n) is 3.33. The lowest BCUT2D eigenvalue weighted by molar-refractivity contribution is -0.384. The van der Waals surface area contributed by atoms with Gasteiger partial charge in [-0.2, -0.15) is 0 Å². The quantitative estimate of drug-likeness (QED) is 0.595. The van der Waals surface area contributed by atoms with Crippen molar-refractivity contribution in [2.45, 2.75) is 45.6 Å². The summed E-state index contributed by atoms with van der Waals surface area (Å²) < 4.78 is 0. The summed E-state index contributed by atoms with van der Waals surface area (Å²) in [5.74, 6) is 0.363. The van der Waals surface area contributed by atoms with E-state index in [2.05, 4.69) is 26.1 Å². The summed E-state index contributed by atoms with van der Waals surface area (Å²) in [6.45, 7) is 7.49. The Bertz CT molecular complexity index is 376. The summed E-state index contributed by atoms with van der Waals surface area (Å²) in [4.78, 5) is 10.2. The van der Waals surface area contributed by atoms with Gasteiger partial charge in [0, 0.05) is 18.2 Å². The van der Waals surface area contributed by atoms with Gasteiger partial charge in [0.25, 0.3) is 5.69 Å². The molecule has 100 valence electrons. The van der Waals surface area contributed by atoms with E-state index < -0.39 is 0 Å². The van der Waals surface area contributed by atoms with Crippen LogP contribution >= 0.6 is 0 Å². The molecule has 0 saturated heterocycles. The molecule has 2 atom stereocenters. The molecule has 4 nitrogen and oxygen atoms in total. The van der Waals surface area contributed by atoms with Crippen molar-refractivity contribution in [1.82, 2.24) is 5.32 Å². The van der Waals surface area contributed by atoms with Crippen LogP contribution in [0.2, 0.25) is 0 Å². The minimum atomic E-state index is -0.360. The summed E-state index contributed by atoms with van der Waals surface area (Å²) >= 11 is 0. The largest absolute Gasteiger partial charge is 0.313 e. The zero-order chi connectivity index (χ0) is 13.5. The Morgan fingerprint density at radius 2 is 1.89 bits per heavy atom. The Morgan fingerprint density at radius 3 is 2.33 bits per heavy atom. The predicted molar refractivity (Wildman–Crippen MR) is 73.9 cm³/mol. The molecule has 4 heteroatoms. The van der Waals surface area contributed by atoms with Gasteiger partial charge < -0.3 is 5.32 Å². The summed E-state index contributed by atoms with van der Waals surface area (Å²) in [7, 11) is 0. The number of nitrogens with one attached hydrogen (secondary N) is 1. The first kappa shape index (κ1) is 14.6. The molecule has 0 aliphatic rings. The van der Waals surface area contributed by atoms with Gasteiger partial charge in [-0.15, -0.1) is 0 Å². The van der Waals surface area contributed by atoms with Crippen molar-refractivity contribution >= 4 is 5.69 Å². The molecule has 0 aliphatic carbocycles. The molecule has 0 aliphatic heterocycles. The first-order valence-corrected chi connectivity index (χ1v) is 6.57. The van der Waals surface area contributed by atoms with Crippen molar-refractivity contribution in [2.24, 2.45) is 0 Å². The molecule has 0 aromatic heterocycles. The zero-order valence-corrected chi connectivity index (χ0v) is 11.3. The van der Waals surface area contributed by atoms with E-state index in [9.17, 15) is 10.1 Å². The minimum Gasteiger partial charge on any atom is -0.313 e. The molecular weight excluding hydrogens is 228 g/mol. The van der Waals surface area contributed by atoms with Crippen molar-refractivity contribution in [3.8, 4) is 0 Å². The van der Waals surface area contributed by atoms with E-state index in [-0.39, 0.29) is 10.6 Å². The highest BCUT2D eigenvalue weighted by Crippen LogP contribution is 2.23. The normalized spacial score (nSPS) is 14.2. The number of nitro benzene ring substituents is 1. The van der Waals surface area contributed by atoms with E-state index in [0.717, 1.165) is 24.9 Å². The Hall–Kier alpha value is -1.42. The van der Waals surface area contributed by atoms with Gasteiger partial charge in [0.2, 0.25) is 0 Å². The van der Waals surface area contributed by atoms with Gasteiger partial charge in [-0.25, -0.2) is 0 Å². The van der Waals surface area contributed by atoms with E-state index in [1.54, 1.807) is 12.1 Å². The molecule has 1 rings (SSSR count). The van der Waals surface area contributed by atoms with E-state index in [4.69, 9.17) is 0 Å².